The Bertz CT molecular complexity index is 201. The topological polar surface area (TPSA) is 46.2 Å². The number of hydrogen-bond donors (Lipinski definition) is 0. The fourth-order valence-electron chi connectivity index (χ4n) is 1.09. The van der Waals surface area contributed by atoms with Gasteiger partial charge in [0.2, 0.25) is 0 Å². The van der Waals surface area contributed by atoms with E-state index in [1.54, 1.807) is 0 Å². The molecule has 0 saturated carbocycles. The minimum atomic E-state index is 0.535. The molecule has 0 spiro atoms. The predicted octanol–water partition coefficient (Wildman–Crippen LogP) is 2.00. The van der Waals surface area contributed by atoms with E-state index in [4.69, 9.17) is 23.7 Å². The van der Waals surface area contributed by atoms with Crippen LogP contribution in [0, 0.1) is 0 Å². The lowest BCUT2D eigenvalue weighted by Gasteiger charge is -2.08. The van der Waals surface area contributed by atoms with Gasteiger partial charge in [-0.1, -0.05) is 22.5 Å². The molecule has 0 rings (SSSR count). The van der Waals surface area contributed by atoms with Crippen molar-refractivity contribution < 1.29 is 23.7 Å². The molecule has 0 aliphatic rings. The normalized spacial score (nSPS) is 10.6. The van der Waals surface area contributed by atoms with Crippen LogP contribution in [0.4, 0.5) is 0 Å². The van der Waals surface area contributed by atoms with Crippen LogP contribution < -0.4 is 0 Å². The van der Waals surface area contributed by atoms with Crippen LogP contribution in [-0.2, 0) is 23.7 Å². The van der Waals surface area contributed by atoms with Gasteiger partial charge in [0.05, 0.1) is 58.6 Å². The molecule has 0 heterocycles. The van der Waals surface area contributed by atoms with Gasteiger partial charge in [0.25, 0.3) is 0 Å². The summed E-state index contributed by atoms with van der Waals surface area (Å²) >= 11 is 3.28. The second-order valence-corrected chi connectivity index (χ2v) is 4.48. The molecule has 0 aromatic heterocycles. The molecule has 0 aromatic carbocycles. The van der Waals surface area contributed by atoms with Crippen molar-refractivity contribution in [2.45, 2.75) is 6.92 Å². The molecule has 0 aromatic rings. The van der Waals surface area contributed by atoms with Crippen LogP contribution in [0.25, 0.3) is 0 Å². The zero-order chi connectivity index (χ0) is 14.2. The van der Waals surface area contributed by atoms with Gasteiger partial charge in [-0.25, -0.2) is 0 Å². The lowest BCUT2D eigenvalue weighted by Crippen LogP contribution is -2.13. The highest BCUT2D eigenvalue weighted by molar-refractivity contribution is 9.09. The predicted molar refractivity (Wildman–Crippen MR) is 77.8 cm³/mol. The number of alkyl halides is 1. The second kappa shape index (κ2) is 15.9. The average Bonchev–Trinajstić information content (AvgIpc) is 2.39. The number of rotatable bonds is 15. The van der Waals surface area contributed by atoms with E-state index in [-0.39, 0.29) is 0 Å². The number of halogens is 1. The number of ether oxygens (including phenoxy) is 5. The lowest BCUT2D eigenvalue weighted by molar-refractivity contribution is -0.00575. The summed E-state index contributed by atoms with van der Waals surface area (Å²) in [5, 5.41) is 0.855. The third-order valence-corrected chi connectivity index (χ3v) is 2.24. The first-order chi connectivity index (χ1) is 9.27. The Balaban J connectivity index is 2.93. The third-order valence-electron chi connectivity index (χ3n) is 1.91. The van der Waals surface area contributed by atoms with Crippen LogP contribution in [0.1, 0.15) is 6.92 Å². The standard InChI is InChI=1S/C13H25BrO5/c1-13(2)19-12-11-18-10-9-17-8-7-16-6-5-15-4-3-14/h1,3-12H2,2H3. The molecule has 5 nitrogen and oxygen atoms in total. The highest BCUT2D eigenvalue weighted by atomic mass is 79.9. The van der Waals surface area contributed by atoms with Crippen LogP contribution in [0.2, 0.25) is 0 Å². The first-order valence-electron chi connectivity index (χ1n) is 6.42. The van der Waals surface area contributed by atoms with E-state index < -0.39 is 0 Å². The van der Waals surface area contributed by atoms with Gasteiger partial charge in [-0.3, -0.25) is 0 Å². The molecule has 0 bridgehead atoms. The van der Waals surface area contributed by atoms with Crippen molar-refractivity contribution in [3.63, 3.8) is 0 Å². The van der Waals surface area contributed by atoms with Crippen molar-refractivity contribution in [2.75, 3.05) is 64.8 Å². The van der Waals surface area contributed by atoms with Gasteiger partial charge in [0, 0.05) is 5.33 Å². The fraction of sp³-hybridized carbons (Fsp3) is 0.846. The van der Waals surface area contributed by atoms with E-state index in [0.29, 0.717) is 65.2 Å². The maximum absolute atomic E-state index is 5.33. The van der Waals surface area contributed by atoms with E-state index in [9.17, 15) is 0 Å². The van der Waals surface area contributed by atoms with Crippen molar-refractivity contribution in [1.82, 2.24) is 0 Å². The number of hydrogen-bond acceptors (Lipinski definition) is 5. The molecule has 0 saturated heterocycles. The van der Waals surface area contributed by atoms with Gasteiger partial charge in [-0.15, -0.1) is 0 Å². The fourth-order valence-corrected chi connectivity index (χ4v) is 1.32. The minimum absolute atomic E-state index is 0.535. The Morgan fingerprint density at radius 3 is 1.47 bits per heavy atom. The first kappa shape index (κ1) is 18.9. The monoisotopic (exact) mass is 340 g/mol. The van der Waals surface area contributed by atoms with Crippen molar-refractivity contribution in [3.05, 3.63) is 12.3 Å². The Labute approximate surface area is 124 Å². The zero-order valence-electron chi connectivity index (χ0n) is 11.7. The van der Waals surface area contributed by atoms with E-state index in [1.165, 1.54) is 0 Å². The Morgan fingerprint density at radius 2 is 1.11 bits per heavy atom. The molecule has 0 fully saturated rings. The van der Waals surface area contributed by atoms with Gasteiger partial charge in [0.1, 0.15) is 6.61 Å². The Kier molecular flexibility index (Phi) is 15.8. The molecular formula is C13H25BrO5. The summed E-state index contributed by atoms with van der Waals surface area (Å²) in [6.07, 6.45) is 0. The average molecular weight is 341 g/mol. The Morgan fingerprint density at radius 1 is 0.737 bits per heavy atom. The van der Waals surface area contributed by atoms with Crippen molar-refractivity contribution in [2.24, 2.45) is 0 Å². The summed E-state index contributed by atoms with van der Waals surface area (Å²) in [5.41, 5.74) is 0. The molecule has 0 atom stereocenters. The molecule has 0 amide bonds. The van der Waals surface area contributed by atoms with Crippen LogP contribution in [0.3, 0.4) is 0 Å². The van der Waals surface area contributed by atoms with Crippen LogP contribution in [-0.4, -0.2) is 64.8 Å². The highest BCUT2D eigenvalue weighted by Gasteiger charge is 1.93. The molecule has 0 aliphatic heterocycles. The summed E-state index contributed by atoms with van der Waals surface area (Å²) in [5.74, 6) is 0.706. The molecule has 0 unspecified atom stereocenters. The molecule has 0 radical (unpaired) electrons. The van der Waals surface area contributed by atoms with E-state index >= 15 is 0 Å². The smallest absolute Gasteiger partial charge is 0.111 e. The maximum Gasteiger partial charge on any atom is 0.111 e. The number of allylic oxidation sites excluding steroid dienone is 1. The van der Waals surface area contributed by atoms with Gasteiger partial charge in [-0.2, -0.15) is 0 Å². The summed E-state index contributed by atoms with van der Waals surface area (Å²) in [6.45, 7) is 10.8. The van der Waals surface area contributed by atoms with Crippen LogP contribution >= 0.6 is 15.9 Å². The van der Waals surface area contributed by atoms with Gasteiger partial charge >= 0.3 is 0 Å². The van der Waals surface area contributed by atoms with Crippen molar-refractivity contribution >= 4 is 15.9 Å². The quantitative estimate of drug-likeness (QED) is 0.259. The minimum Gasteiger partial charge on any atom is -0.496 e. The third kappa shape index (κ3) is 17.9. The van der Waals surface area contributed by atoms with E-state index in [2.05, 4.69) is 22.5 Å². The molecule has 19 heavy (non-hydrogen) atoms. The molecule has 0 aliphatic carbocycles. The van der Waals surface area contributed by atoms with Crippen molar-refractivity contribution in [3.8, 4) is 0 Å². The van der Waals surface area contributed by atoms with Crippen LogP contribution in [0.15, 0.2) is 12.3 Å². The molecule has 114 valence electrons. The SMILES string of the molecule is C=C(C)OCCOCCOCCOCCOCCBr. The first-order valence-corrected chi connectivity index (χ1v) is 7.54. The van der Waals surface area contributed by atoms with Crippen molar-refractivity contribution in [1.29, 1.82) is 0 Å². The van der Waals surface area contributed by atoms with Gasteiger partial charge in [-0.05, 0) is 6.92 Å². The Hall–Kier alpha value is -0.140. The zero-order valence-corrected chi connectivity index (χ0v) is 13.3. The van der Waals surface area contributed by atoms with Crippen LogP contribution in [0.5, 0.6) is 0 Å². The largest absolute Gasteiger partial charge is 0.496 e. The van der Waals surface area contributed by atoms with E-state index in [0.717, 1.165) is 5.33 Å². The second-order valence-electron chi connectivity index (χ2n) is 3.69. The molecule has 6 heteroatoms. The lowest BCUT2D eigenvalue weighted by atomic mass is 10.6. The summed E-state index contributed by atoms with van der Waals surface area (Å²) in [7, 11) is 0. The summed E-state index contributed by atoms with van der Waals surface area (Å²) in [4.78, 5) is 0. The molecular weight excluding hydrogens is 316 g/mol. The molecule has 0 N–H and O–H groups in total. The summed E-state index contributed by atoms with van der Waals surface area (Å²) < 4.78 is 26.3. The summed E-state index contributed by atoms with van der Waals surface area (Å²) in [6, 6.07) is 0. The highest BCUT2D eigenvalue weighted by Crippen LogP contribution is 1.89. The van der Waals surface area contributed by atoms with Gasteiger partial charge < -0.3 is 23.7 Å². The maximum atomic E-state index is 5.33. The van der Waals surface area contributed by atoms with E-state index in [1.807, 2.05) is 6.92 Å². The van der Waals surface area contributed by atoms with Gasteiger partial charge in [0.15, 0.2) is 0 Å².